The second-order valence-corrected chi connectivity index (χ2v) is 5.18. The lowest BCUT2D eigenvalue weighted by atomic mass is 9.74. The molecule has 0 aliphatic carbocycles. The standard InChI is InChI=1S/C15H16N2O5/c1-8(18)11(7-13(19)20)15(16,14(21)22)10-3-2-4-12-9(10)5-6-17-12/h2-6,11,17H,7,16H2,1H3,(H,19,20)(H,21,22). The number of hydrogen-bond acceptors (Lipinski definition) is 4. The molecule has 0 aliphatic heterocycles. The van der Waals surface area contributed by atoms with Gasteiger partial charge < -0.3 is 20.9 Å². The Balaban J connectivity index is 2.70. The summed E-state index contributed by atoms with van der Waals surface area (Å²) < 4.78 is 0. The van der Waals surface area contributed by atoms with Gasteiger partial charge in [0.25, 0.3) is 0 Å². The van der Waals surface area contributed by atoms with Crippen molar-refractivity contribution in [2.24, 2.45) is 11.7 Å². The third-order valence-electron chi connectivity index (χ3n) is 3.81. The molecule has 1 aromatic heterocycles. The van der Waals surface area contributed by atoms with Gasteiger partial charge in [-0.2, -0.15) is 0 Å². The van der Waals surface area contributed by atoms with E-state index in [1.165, 1.54) is 6.07 Å². The number of rotatable bonds is 6. The van der Waals surface area contributed by atoms with Crippen LogP contribution < -0.4 is 5.73 Å². The van der Waals surface area contributed by atoms with Crippen LogP contribution in [0.2, 0.25) is 0 Å². The monoisotopic (exact) mass is 304 g/mol. The van der Waals surface area contributed by atoms with Gasteiger partial charge in [-0.15, -0.1) is 0 Å². The van der Waals surface area contributed by atoms with Crippen molar-refractivity contribution in [3.05, 3.63) is 36.0 Å². The Morgan fingerprint density at radius 3 is 2.50 bits per heavy atom. The van der Waals surface area contributed by atoms with Gasteiger partial charge in [0.1, 0.15) is 5.78 Å². The van der Waals surface area contributed by atoms with Gasteiger partial charge in [0, 0.05) is 17.1 Å². The topological polar surface area (TPSA) is 133 Å². The lowest BCUT2D eigenvalue weighted by molar-refractivity contribution is -0.151. The molecule has 2 unspecified atom stereocenters. The summed E-state index contributed by atoms with van der Waals surface area (Å²) in [5.74, 6) is -4.68. The molecule has 7 nitrogen and oxygen atoms in total. The maximum atomic E-state index is 11.9. The molecule has 0 spiro atoms. The summed E-state index contributed by atoms with van der Waals surface area (Å²) >= 11 is 0. The molecule has 0 amide bonds. The molecule has 1 aromatic carbocycles. The van der Waals surface area contributed by atoms with Crippen LogP contribution in [-0.4, -0.2) is 32.9 Å². The normalized spacial score (nSPS) is 15.2. The third kappa shape index (κ3) is 2.46. The summed E-state index contributed by atoms with van der Waals surface area (Å²) in [6, 6.07) is 6.49. The van der Waals surface area contributed by atoms with E-state index in [-0.39, 0.29) is 5.56 Å². The molecule has 0 bridgehead atoms. The maximum Gasteiger partial charge on any atom is 0.329 e. The summed E-state index contributed by atoms with van der Waals surface area (Å²) in [5.41, 5.74) is 4.83. The molecule has 22 heavy (non-hydrogen) atoms. The number of nitrogens with one attached hydrogen (secondary N) is 1. The number of aliphatic carboxylic acids is 2. The summed E-state index contributed by atoms with van der Waals surface area (Å²) in [7, 11) is 0. The lowest BCUT2D eigenvalue weighted by Crippen LogP contribution is -2.54. The molecule has 0 saturated carbocycles. The SMILES string of the molecule is CC(=O)C(CC(=O)O)C(N)(C(=O)O)c1cccc2[nH]ccc12. The number of H-pyrrole nitrogens is 1. The van der Waals surface area contributed by atoms with Gasteiger partial charge in [-0.25, -0.2) is 4.79 Å². The first kappa shape index (κ1) is 15.7. The number of benzene rings is 1. The zero-order valence-electron chi connectivity index (χ0n) is 11.9. The summed E-state index contributed by atoms with van der Waals surface area (Å²) in [6.07, 6.45) is 0.968. The quantitative estimate of drug-likeness (QED) is 0.631. The average Bonchev–Trinajstić information content (AvgIpc) is 2.91. The number of carboxylic acids is 2. The van der Waals surface area contributed by atoms with E-state index < -0.39 is 35.6 Å². The molecule has 7 heteroatoms. The minimum atomic E-state index is -2.12. The first-order valence-corrected chi connectivity index (χ1v) is 6.59. The largest absolute Gasteiger partial charge is 0.481 e. The molecule has 2 atom stereocenters. The number of hydrogen-bond donors (Lipinski definition) is 4. The minimum absolute atomic E-state index is 0.209. The fraction of sp³-hybridized carbons (Fsp3) is 0.267. The Labute approximate surface area is 125 Å². The van der Waals surface area contributed by atoms with Gasteiger partial charge in [0.05, 0.1) is 12.3 Å². The molecular weight excluding hydrogens is 288 g/mol. The molecule has 116 valence electrons. The zero-order chi connectivity index (χ0) is 16.5. The molecule has 0 radical (unpaired) electrons. The molecule has 2 aromatic rings. The number of Topliss-reactive ketones (excluding diaryl/α,β-unsaturated/α-hetero) is 1. The number of aromatic nitrogens is 1. The van der Waals surface area contributed by atoms with E-state index in [0.29, 0.717) is 10.9 Å². The number of fused-ring (bicyclic) bond motifs is 1. The molecule has 1 heterocycles. The number of carbonyl (C=O) groups is 3. The Bertz CT molecular complexity index is 751. The second kappa shape index (κ2) is 5.61. The highest BCUT2D eigenvalue weighted by Gasteiger charge is 2.48. The van der Waals surface area contributed by atoms with E-state index in [1.54, 1.807) is 24.4 Å². The van der Waals surface area contributed by atoms with Crippen LogP contribution in [0.15, 0.2) is 30.5 Å². The Hall–Kier alpha value is -2.67. The highest BCUT2D eigenvalue weighted by atomic mass is 16.4. The smallest absolute Gasteiger partial charge is 0.329 e. The predicted octanol–water partition coefficient (Wildman–Crippen LogP) is 1.09. The zero-order valence-corrected chi connectivity index (χ0v) is 11.9. The fourth-order valence-corrected chi connectivity index (χ4v) is 2.70. The van der Waals surface area contributed by atoms with E-state index in [0.717, 1.165) is 6.92 Å². The van der Waals surface area contributed by atoms with Gasteiger partial charge in [-0.1, -0.05) is 12.1 Å². The van der Waals surface area contributed by atoms with Crippen LogP contribution in [0.5, 0.6) is 0 Å². The number of aromatic amines is 1. The predicted molar refractivity (Wildman–Crippen MR) is 78.2 cm³/mol. The number of carbonyl (C=O) groups excluding carboxylic acids is 1. The van der Waals surface area contributed by atoms with Crippen LogP contribution in [0.25, 0.3) is 10.9 Å². The molecule has 5 N–H and O–H groups in total. The molecule has 0 saturated heterocycles. The molecule has 2 rings (SSSR count). The minimum Gasteiger partial charge on any atom is -0.481 e. The van der Waals surface area contributed by atoms with Crippen molar-refractivity contribution in [1.29, 1.82) is 0 Å². The van der Waals surface area contributed by atoms with Crippen LogP contribution in [0.3, 0.4) is 0 Å². The number of carboxylic acid groups (broad SMARTS) is 2. The number of nitrogens with two attached hydrogens (primary N) is 1. The van der Waals surface area contributed by atoms with Crippen molar-refractivity contribution >= 4 is 28.6 Å². The highest BCUT2D eigenvalue weighted by Crippen LogP contribution is 2.35. The van der Waals surface area contributed by atoms with E-state index >= 15 is 0 Å². The van der Waals surface area contributed by atoms with Crippen molar-refractivity contribution in [1.82, 2.24) is 4.98 Å². The third-order valence-corrected chi connectivity index (χ3v) is 3.81. The van der Waals surface area contributed by atoms with E-state index in [9.17, 15) is 19.5 Å². The van der Waals surface area contributed by atoms with Crippen molar-refractivity contribution in [3.8, 4) is 0 Å². The maximum absolute atomic E-state index is 11.9. The van der Waals surface area contributed by atoms with Gasteiger partial charge in [-0.3, -0.25) is 9.59 Å². The van der Waals surface area contributed by atoms with E-state index in [4.69, 9.17) is 10.8 Å². The van der Waals surface area contributed by atoms with Crippen LogP contribution in [0.1, 0.15) is 18.9 Å². The van der Waals surface area contributed by atoms with Gasteiger partial charge in [0.15, 0.2) is 5.54 Å². The Kier molecular flexibility index (Phi) is 4.01. The summed E-state index contributed by atoms with van der Waals surface area (Å²) in [6.45, 7) is 1.15. The highest BCUT2D eigenvalue weighted by molar-refractivity contribution is 5.97. The molecule has 0 fully saturated rings. The van der Waals surface area contributed by atoms with Crippen LogP contribution >= 0.6 is 0 Å². The Morgan fingerprint density at radius 1 is 1.27 bits per heavy atom. The molecule has 0 aliphatic rings. The van der Waals surface area contributed by atoms with E-state index in [1.807, 2.05) is 0 Å². The number of ketones is 1. The van der Waals surface area contributed by atoms with E-state index in [2.05, 4.69) is 4.98 Å². The van der Waals surface area contributed by atoms with Gasteiger partial charge >= 0.3 is 11.9 Å². The summed E-state index contributed by atoms with van der Waals surface area (Å²) in [4.78, 5) is 37.6. The van der Waals surface area contributed by atoms with Crippen LogP contribution in [0, 0.1) is 5.92 Å². The molecular formula is C15H16N2O5. The van der Waals surface area contributed by atoms with Gasteiger partial charge in [0.2, 0.25) is 0 Å². The van der Waals surface area contributed by atoms with Crippen molar-refractivity contribution in [2.75, 3.05) is 0 Å². The first-order chi connectivity index (χ1) is 10.3. The van der Waals surface area contributed by atoms with Crippen LogP contribution in [0.4, 0.5) is 0 Å². The van der Waals surface area contributed by atoms with Crippen molar-refractivity contribution < 1.29 is 24.6 Å². The van der Waals surface area contributed by atoms with Crippen molar-refractivity contribution in [3.63, 3.8) is 0 Å². The van der Waals surface area contributed by atoms with Crippen LogP contribution in [-0.2, 0) is 19.9 Å². The fourth-order valence-electron chi connectivity index (χ4n) is 2.70. The first-order valence-electron chi connectivity index (χ1n) is 6.59. The average molecular weight is 304 g/mol. The second-order valence-electron chi connectivity index (χ2n) is 5.18. The lowest BCUT2D eigenvalue weighted by Gasteiger charge is -2.32. The summed E-state index contributed by atoms with van der Waals surface area (Å²) in [5, 5.41) is 19.2. The van der Waals surface area contributed by atoms with Crippen molar-refractivity contribution in [2.45, 2.75) is 18.9 Å². The Morgan fingerprint density at radius 2 is 1.95 bits per heavy atom. The van der Waals surface area contributed by atoms with Gasteiger partial charge in [-0.05, 0) is 24.6 Å².